The SMILES string of the molecule is O=C(Nc1nn(C(=O)O)c2cc(C(=O)O)oc12)c1ccc(OC(F)(F)F)cc1. The van der Waals surface area contributed by atoms with Crippen molar-refractivity contribution in [3.8, 4) is 5.75 Å². The summed E-state index contributed by atoms with van der Waals surface area (Å²) in [6, 6.07) is 4.80. The molecular weight excluding hydrogens is 391 g/mol. The van der Waals surface area contributed by atoms with Gasteiger partial charge in [0.1, 0.15) is 11.3 Å². The van der Waals surface area contributed by atoms with Crippen molar-refractivity contribution in [2.24, 2.45) is 0 Å². The van der Waals surface area contributed by atoms with Crippen LogP contribution in [0.3, 0.4) is 0 Å². The highest BCUT2D eigenvalue weighted by molar-refractivity contribution is 6.08. The molecule has 2 heterocycles. The van der Waals surface area contributed by atoms with Gasteiger partial charge in [-0.1, -0.05) is 0 Å². The summed E-state index contributed by atoms with van der Waals surface area (Å²) in [5.74, 6) is -3.83. The van der Waals surface area contributed by atoms with Gasteiger partial charge in [-0.15, -0.1) is 18.3 Å². The first-order valence-corrected chi connectivity index (χ1v) is 7.21. The lowest BCUT2D eigenvalue weighted by atomic mass is 10.2. The van der Waals surface area contributed by atoms with Crippen LogP contribution in [0.1, 0.15) is 20.9 Å². The van der Waals surface area contributed by atoms with Crippen molar-refractivity contribution in [2.45, 2.75) is 6.36 Å². The highest BCUT2D eigenvalue weighted by Crippen LogP contribution is 2.28. The van der Waals surface area contributed by atoms with Crippen molar-refractivity contribution in [3.63, 3.8) is 0 Å². The van der Waals surface area contributed by atoms with Gasteiger partial charge in [-0.25, -0.2) is 9.59 Å². The zero-order chi connectivity index (χ0) is 20.6. The van der Waals surface area contributed by atoms with Crippen LogP contribution in [0.4, 0.5) is 23.8 Å². The summed E-state index contributed by atoms with van der Waals surface area (Å²) in [5.41, 5.74) is -0.614. The number of alkyl halides is 3. The number of halogens is 3. The fraction of sp³-hybridized carbons (Fsp3) is 0.0667. The Bertz CT molecular complexity index is 1080. The molecule has 0 saturated carbocycles. The van der Waals surface area contributed by atoms with Crippen molar-refractivity contribution in [1.29, 1.82) is 0 Å². The zero-order valence-electron chi connectivity index (χ0n) is 13.4. The van der Waals surface area contributed by atoms with Gasteiger partial charge in [-0.3, -0.25) is 4.79 Å². The number of benzene rings is 1. The van der Waals surface area contributed by atoms with E-state index in [1.54, 1.807) is 0 Å². The molecule has 0 unspecified atom stereocenters. The molecule has 0 aliphatic carbocycles. The topological polar surface area (TPSA) is 144 Å². The number of nitrogens with one attached hydrogen (secondary N) is 1. The molecule has 0 radical (unpaired) electrons. The highest BCUT2D eigenvalue weighted by atomic mass is 19.4. The van der Waals surface area contributed by atoms with E-state index in [0.717, 1.165) is 30.3 Å². The average molecular weight is 399 g/mol. The molecule has 0 aliphatic heterocycles. The maximum atomic E-state index is 12.2. The van der Waals surface area contributed by atoms with E-state index in [4.69, 9.17) is 14.6 Å². The number of aromatic carboxylic acids is 1. The maximum Gasteiger partial charge on any atom is 0.573 e. The van der Waals surface area contributed by atoms with Gasteiger partial charge in [0.15, 0.2) is 11.4 Å². The largest absolute Gasteiger partial charge is 0.573 e. The minimum atomic E-state index is -4.89. The van der Waals surface area contributed by atoms with Crippen LogP contribution in [-0.2, 0) is 0 Å². The lowest BCUT2D eigenvalue weighted by molar-refractivity contribution is -0.274. The summed E-state index contributed by atoms with van der Waals surface area (Å²) < 4.78 is 45.5. The number of aromatic nitrogens is 2. The van der Waals surface area contributed by atoms with Crippen molar-refractivity contribution in [1.82, 2.24) is 9.78 Å². The fourth-order valence-corrected chi connectivity index (χ4v) is 2.23. The van der Waals surface area contributed by atoms with E-state index in [1.165, 1.54) is 0 Å². The molecule has 28 heavy (non-hydrogen) atoms. The summed E-state index contributed by atoms with van der Waals surface area (Å²) in [4.78, 5) is 34.4. The lowest BCUT2D eigenvalue weighted by Gasteiger charge is -2.09. The molecule has 0 saturated heterocycles. The van der Waals surface area contributed by atoms with Crippen LogP contribution < -0.4 is 10.1 Å². The third-order valence-corrected chi connectivity index (χ3v) is 3.33. The van der Waals surface area contributed by atoms with E-state index in [2.05, 4.69) is 15.2 Å². The number of hydrogen-bond donors (Lipinski definition) is 3. The van der Waals surface area contributed by atoms with E-state index in [1.807, 2.05) is 0 Å². The van der Waals surface area contributed by atoms with Crippen molar-refractivity contribution in [2.75, 3.05) is 5.32 Å². The van der Waals surface area contributed by atoms with Crippen LogP contribution in [0.2, 0.25) is 0 Å². The number of fused-ring (bicyclic) bond motifs is 1. The second-order valence-corrected chi connectivity index (χ2v) is 5.20. The Morgan fingerprint density at radius 2 is 1.79 bits per heavy atom. The van der Waals surface area contributed by atoms with Crippen molar-refractivity contribution < 1.29 is 46.9 Å². The van der Waals surface area contributed by atoms with Crippen LogP contribution >= 0.6 is 0 Å². The minimum Gasteiger partial charge on any atom is -0.475 e. The third kappa shape index (κ3) is 3.72. The standard InChI is InChI=1S/C15H8F3N3O7/c16-15(17,18)28-7-3-1-6(2-4-7)12(22)19-11-10-8(21(20-11)14(25)26)5-9(27-10)13(23)24/h1-5H,(H,23,24)(H,25,26)(H,19,20,22). The number of furan rings is 1. The van der Waals surface area contributed by atoms with Gasteiger partial charge in [0.25, 0.3) is 5.91 Å². The summed E-state index contributed by atoms with van der Waals surface area (Å²) in [6.07, 6.45) is -6.45. The van der Waals surface area contributed by atoms with Crippen LogP contribution in [0.25, 0.3) is 11.1 Å². The molecule has 10 nitrogen and oxygen atoms in total. The number of carboxylic acid groups (broad SMARTS) is 2. The van der Waals surface area contributed by atoms with Gasteiger partial charge >= 0.3 is 18.4 Å². The van der Waals surface area contributed by atoms with E-state index in [-0.39, 0.29) is 22.5 Å². The number of ether oxygens (including phenoxy) is 1. The number of anilines is 1. The summed E-state index contributed by atoms with van der Waals surface area (Å²) in [5, 5.41) is 23.9. The summed E-state index contributed by atoms with van der Waals surface area (Å²) in [7, 11) is 0. The molecular formula is C15H8F3N3O7. The lowest BCUT2D eigenvalue weighted by Crippen LogP contribution is -2.17. The molecule has 0 fully saturated rings. The van der Waals surface area contributed by atoms with E-state index in [0.29, 0.717) is 4.68 Å². The Morgan fingerprint density at radius 1 is 1.14 bits per heavy atom. The quantitative estimate of drug-likeness (QED) is 0.607. The number of carboxylic acids is 1. The Balaban J connectivity index is 1.88. The van der Waals surface area contributed by atoms with Gasteiger partial charge in [-0.2, -0.15) is 4.68 Å². The second-order valence-electron chi connectivity index (χ2n) is 5.20. The summed E-state index contributed by atoms with van der Waals surface area (Å²) in [6.45, 7) is 0. The number of amides is 1. The number of carbonyl (C=O) groups excluding carboxylic acids is 1. The number of nitrogens with zero attached hydrogens (tertiary/aromatic N) is 2. The highest BCUT2D eigenvalue weighted by Gasteiger charge is 2.31. The molecule has 3 N–H and O–H groups in total. The minimum absolute atomic E-state index is 0.0995. The number of carbonyl (C=O) groups is 3. The van der Waals surface area contributed by atoms with E-state index >= 15 is 0 Å². The van der Waals surface area contributed by atoms with Gasteiger partial charge < -0.3 is 24.7 Å². The van der Waals surface area contributed by atoms with Gasteiger partial charge in [0.2, 0.25) is 5.76 Å². The zero-order valence-corrected chi connectivity index (χ0v) is 13.4. The molecule has 146 valence electrons. The first-order valence-electron chi connectivity index (χ1n) is 7.21. The molecule has 0 aliphatic rings. The smallest absolute Gasteiger partial charge is 0.475 e. The predicted molar refractivity (Wildman–Crippen MR) is 83.5 cm³/mol. The fourth-order valence-electron chi connectivity index (χ4n) is 2.23. The van der Waals surface area contributed by atoms with Crippen LogP contribution in [-0.4, -0.2) is 44.3 Å². The van der Waals surface area contributed by atoms with Crippen molar-refractivity contribution >= 4 is 34.9 Å². The van der Waals surface area contributed by atoms with Gasteiger partial charge in [0.05, 0.1) is 0 Å². The Morgan fingerprint density at radius 3 is 2.32 bits per heavy atom. The maximum absolute atomic E-state index is 12.2. The molecule has 3 aromatic rings. The molecule has 13 heteroatoms. The van der Waals surface area contributed by atoms with E-state index < -0.39 is 35.8 Å². The monoisotopic (exact) mass is 399 g/mol. The van der Waals surface area contributed by atoms with Crippen molar-refractivity contribution in [3.05, 3.63) is 41.7 Å². The third-order valence-electron chi connectivity index (χ3n) is 3.33. The van der Waals surface area contributed by atoms with Crippen LogP contribution in [0.5, 0.6) is 5.75 Å². The van der Waals surface area contributed by atoms with Crippen LogP contribution in [0.15, 0.2) is 34.7 Å². The first-order chi connectivity index (χ1) is 13.0. The second kappa shape index (κ2) is 6.61. The van der Waals surface area contributed by atoms with E-state index in [9.17, 15) is 27.6 Å². The average Bonchev–Trinajstić information content (AvgIpc) is 3.14. The Labute approximate surface area is 151 Å². The molecule has 1 aromatic carbocycles. The molecule has 0 spiro atoms. The van der Waals surface area contributed by atoms with Crippen LogP contribution in [0, 0.1) is 0 Å². The summed E-state index contributed by atoms with van der Waals surface area (Å²) >= 11 is 0. The number of rotatable bonds is 4. The first kappa shape index (κ1) is 18.8. The molecule has 1 amide bonds. The molecule has 0 atom stereocenters. The molecule has 0 bridgehead atoms. The Kier molecular flexibility index (Phi) is 4.42. The predicted octanol–water partition coefficient (Wildman–Crippen LogP) is 3.00. The Hall–Kier alpha value is -4.03. The van der Waals surface area contributed by atoms with Gasteiger partial charge in [0, 0.05) is 11.6 Å². The number of hydrogen-bond acceptors (Lipinski definition) is 6. The molecule has 2 aromatic heterocycles. The molecule has 3 rings (SSSR count). The van der Waals surface area contributed by atoms with Gasteiger partial charge in [-0.05, 0) is 24.3 Å². The normalized spacial score (nSPS) is 11.4.